The van der Waals surface area contributed by atoms with Crippen molar-refractivity contribution in [1.29, 1.82) is 0 Å². The van der Waals surface area contributed by atoms with E-state index in [9.17, 15) is 13.2 Å². The van der Waals surface area contributed by atoms with Crippen molar-refractivity contribution < 1.29 is 17.9 Å². The lowest BCUT2D eigenvalue weighted by Crippen LogP contribution is -2.29. The van der Waals surface area contributed by atoms with Gasteiger partial charge in [-0.2, -0.15) is 0 Å². The molecule has 10 heteroatoms. The topological polar surface area (TPSA) is 103 Å². The number of aromatic nitrogens is 1. The molecule has 0 fully saturated rings. The van der Waals surface area contributed by atoms with E-state index in [2.05, 4.69) is 4.98 Å². The number of benzene rings is 1. The van der Waals surface area contributed by atoms with Gasteiger partial charge in [-0.15, -0.1) is 23.7 Å². The Hall–Kier alpha value is -1.68. The van der Waals surface area contributed by atoms with E-state index in [1.54, 1.807) is 29.5 Å². The highest BCUT2D eigenvalue weighted by Gasteiger charge is 2.15. The smallest absolute Gasteiger partial charge is 0.273 e. The number of thiazole rings is 1. The van der Waals surface area contributed by atoms with Crippen molar-refractivity contribution in [3.05, 3.63) is 40.3 Å². The maximum absolute atomic E-state index is 12.3. The molecule has 0 atom stereocenters. The number of nitrogens with two attached hydrogens (primary N) is 1. The summed E-state index contributed by atoms with van der Waals surface area (Å²) >= 11 is 1.44. The van der Waals surface area contributed by atoms with Gasteiger partial charge in [0.15, 0.2) is 9.84 Å². The molecule has 150 valence electrons. The normalized spacial score (nSPS) is 10.9. The van der Waals surface area contributed by atoms with E-state index >= 15 is 0 Å². The summed E-state index contributed by atoms with van der Waals surface area (Å²) < 4.78 is 28.4. The average molecular weight is 434 g/mol. The number of carbonyl (C=O) groups is 1. The summed E-state index contributed by atoms with van der Waals surface area (Å²) in [6, 6.07) is 6.28. The first kappa shape index (κ1) is 23.4. The van der Waals surface area contributed by atoms with Gasteiger partial charge in [-0.3, -0.25) is 4.79 Å². The fourth-order valence-corrected chi connectivity index (χ4v) is 3.64. The van der Waals surface area contributed by atoms with Crippen LogP contribution in [0.4, 0.5) is 0 Å². The SMILES string of the molecule is CN(CCCOc1ccc(S(C)(=O)=O)cc1)C(=O)c1csc(CCN)n1.Cl. The fourth-order valence-electron chi connectivity index (χ4n) is 2.22. The molecule has 0 radical (unpaired) electrons. The van der Waals surface area contributed by atoms with E-state index in [0.29, 0.717) is 44.0 Å². The van der Waals surface area contributed by atoms with E-state index < -0.39 is 9.84 Å². The van der Waals surface area contributed by atoms with Crippen LogP contribution in [0.25, 0.3) is 0 Å². The Bertz CT molecular complexity index is 838. The largest absolute Gasteiger partial charge is 0.494 e. The lowest BCUT2D eigenvalue weighted by atomic mass is 10.3. The Labute approximate surface area is 169 Å². The summed E-state index contributed by atoms with van der Waals surface area (Å²) in [6.45, 7) is 1.47. The van der Waals surface area contributed by atoms with Crippen LogP contribution < -0.4 is 10.5 Å². The minimum absolute atomic E-state index is 0. The van der Waals surface area contributed by atoms with E-state index in [1.165, 1.54) is 23.5 Å². The predicted octanol–water partition coefficient (Wildman–Crippen LogP) is 2.01. The molecule has 1 aromatic heterocycles. The third kappa shape index (κ3) is 7.10. The average Bonchev–Trinajstić information content (AvgIpc) is 3.06. The Morgan fingerprint density at radius 2 is 1.96 bits per heavy atom. The molecule has 0 aliphatic rings. The van der Waals surface area contributed by atoms with Crippen LogP contribution >= 0.6 is 23.7 Å². The summed E-state index contributed by atoms with van der Waals surface area (Å²) in [5, 5.41) is 2.62. The molecule has 27 heavy (non-hydrogen) atoms. The first-order valence-corrected chi connectivity index (χ1v) is 10.9. The van der Waals surface area contributed by atoms with Crippen LogP contribution in [0.1, 0.15) is 21.9 Å². The van der Waals surface area contributed by atoms with Crippen LogP contribution in [0.2, 0.25) is 0 Å². The summed E-state index contributed by atoms with van der Waals surface area (Å²) in [6.07, 6.45) is 2.49. The van der Waals surface area contributed by atoms with Gasteiger partial charge >= 0.3 is 0 Å². The molecule has 2 rings (SSSR count). The highest BCUT2D eigenvalue weighted by atomic mass is 35.5. The highest BCUT2D eigenvalue weighted by molar-refractivity contribution is 7.90. The third-order valence-electron chi connectivity index (χ3n) is 3.63. The van der Waals surface area contributed by atoms with Crippen LogP contribution in [0.3, 0.4) is 0 Å². The van der Waals surface area contributed by atoms with E-state index in [0.717, 1.165) is 11.3 Å². The molecule has 1 aromatic carbocycles. The molecular weight excluding hydrogens is 410 g/mol. The molecular formula is C17H24ClN3O4S2. The van der Waals surface area contributed by atoms with E-state index in [-0.39, 0.29) is 23.2 Å². The van der Waals surface area contributed by atoms with Crippen molar-refractivity contribution in [2.45, 2.75) is 17.7 Å². The van der Waals surface area contributed by atoms with E-state index in [1.807, 2.05) is 0 Å². The van der Waals surface area contributed by atoms with Crippen LogP contribution in [0.15, 0.2) is 34.5 Å². The second-order valence-corrected chi connectivity index (χ2v) is 8.80. The zero-order valence-electron chi connectivity index (χ0n) is 15.3. The Balaban J connectivity index is 0.00000364. The van der Waals surface area contributed by atoms with Crippen LogP contribution in [0.5, 0.6) is 5.75 Å². The molecule has 1 amide bonds. The van der Waals surface area contributed by atoms with Gasteiger partial charge in [0, 0.05) is 31.6 Å². The van der Waals surface area contributed by atoms with Crippen molar-refractivity contribution in [3.63, 3.8) is 0 Å². The molecule has 2 aromatic rings. The first-order valence-electron chi connectivity index (χ1n) is 8.14. The summed E-state index contributed by atoms with van der Waals surface area (Å²) in [5.74, 6) is 0.472. The fraction of sp³-hybridized carbons (Fsp3) is 0.412. The van der Waals surface area contributed by atoms with Crippen LogP contribution in [-0.2, 0) is 16.3 Å². The monoisotopic (exact) mass is 433 g/mol. The maximum atomic E-state index is 12.3. The van der Waals surface area contributed by atoms with Crippen molar-refractivity contribution in [3.8, 4) is 5.75 Å². The molecule has 0 spiro atoms. The zero-order chi connectivity index (χ0) is 19.2. The first-order chi connectivity index (χ1) is 12.3. The minimum Gasteiger partial charge on any atom is -0.494 e. The second kappa shape index (κ2) is 10.6. The number of hydrogen-bond acceptors (Lipinski definition) is 7. The number of sulfone groups is 1. The molecule has 0 saturated carbocycles. The lowest BCUT2D eigenvalue weighted by Gasteiger charge is -2.16. The van der Waals surface area contributed by atoms with Crippen molar-refractivity contribution >= 4 is 39.5 Å². The number of amides is 1. The molecule has 2 N–H and O–H groups in total. The Kier molecular flexibility index (Phi) is 9.17. The van der Waals surface area contributed by atoms with Gasteiger partial charge in [0.1, 0.15) is 11.4 Å². The van der Waals surface area contributed by atoms with Crippen molar-refractivity contribution in [2.24, 2.45) is 5.73 Å². The Morgan fingerprint density at radius 1 is 1.30 bits per heavy atom. The highest BCUT2D eigenvalue weighted by Crippen LogP contribution is 2.16. The number of nitrogens with zero attached hydrogens (tertiary/aromatic N) is 2. The molecule has 0 aliphatic heterocycles. The summed E-state index contributed by atoms with van der Waals surface area (Å²) in [4.78, 5) is 18.5. The minimum atomic E-state index is -3.21. The molecule has 0 aliphatic carbocycles. The van der Waals surface area contributed by atoms with Crippen LogP contribution in [0, 0.1) is 0 Å². The van der Waals surface area contributed by atoms with Gasteiger partial charge in [-0.1, -0.05) is 0 Å². The van der Waals surface area contributed by atoms with Crippen molar-refractivity contribution in [2.75, 3.05) is 33.0 Å². The molecule has 1 heterocycles. The number of halogens is 1. The number of hydrogen-bond donors (Lipinski definition) is 1. The number of carbonyl (C=O) groups excluding carboxylic acids is 1. The third-order valence-corrected chi connectivity index (χ3v) is 5.67. The van der Waals surface area contributed by atoms with Gasteiger partial charge in [0.05, 0.1) is 16.5 Å². The standard InChI is InChI=1S/C17H23N3O4S2.ClH/c1-20(17(21)15-12-25-16(19-15)8-9-18)10-3-11-24-13-4-6-14(7-5-13)26(2,22)23;/h4-7,12H,3,8-11,18H2,1-2H3;1H. The lowest BCUT2D eigenvalue weighted by molar-refractivity contribution is 0.0782. The van der Waals surface area contributed by atoms with Crippen molar-refractivity contribution in [1.82, 2.24) is 9.88 Å². The van der Waals surface area contributed by atoms with Gasteiger partial charge in [0.2, 0.25) is 0 Å². The van der Waals surface area contributed by atoms with Gasteiger partial charge in [0.25, 0.3) is 5.91 Å². The number of ether oxygens (including phenoxy) is 1. The van der Waals surface area contributed by atoms with E-state index in [4.69, 9.17) is 10.5 Å². The van der Waals surface area contributed by atoms with Gasteiger partial charge in [-0.05, 0) is 37.2 Å². The summed E-state index contributed by atoms with van der Waals surface area (Å²) in [7, 11) is -1.48. The second-order valence-electron chi connectivity index (χ2n) is 5.84. The summed E-state index contributed by atoms with van der Waals surface area (Å²) in [5.41, 5.74) is 5.93. The Morgan fingerprint density at radius 3 is 2.56 bits per heavy atom. The zero-order valence-corrected chi connectivity index (χ0v) is 17.7. The quantitative estimate of drug-likeness (QED) is 0.607. The maximum Gasteiger partial charge on any atom is 0.273 e. The predicted molar refractivity (Wildman–Crippen MR) is 109 cm³/mol. The van der Waals surface area contributed by atoms with Crippen LogP contribution in [-0.4, -0.2) is 57.2 Å². The van der Waals surface area contributed by atoms with Gasteiger partial charge in [-0.25, -0.2) is 13.4 Å². The van der Waals surface area contributed by atoms with Gasteiger partial charge < -0.3 is 15.4 Å². The number of rotatable bonds is 9. The molecule has 0 bridgehead atoms. The molecule has 0 saturated heterocycles. The molecule has 7 nitrogen and oxygen atoms in total. The molecule has 0 unspecified atom stereocenters.